The van der Waals surface area contributed by atoms with E-state index in [1.54, 1.807) is 6.08 Å². The summed E-state index contributed by atoms with van der Waals surface area (Å²) in [5.41, 5.74) is 8.26. The second kappa shape index (κ2) is 15.9. The van der Waals surface area contributed by atoms with Crippen molar-refractivity contribution in [3.8, 4) is 11.1 Å². The van der Waals surface area contributed by atoms with Crippen LogP contribution >= 0.6 is 0 Å². The molecule has 0 atom stereocenters. The molecule has 3 heteroatoms. The van der Waals surface area contributed by atoms with Crippen molar-refractivity contribution in [1.82, 2.24) is 0 Å². The van der Waals surface area contributed by atoms with Crippen LogP contribution in [0.1, 0.15) is 5.56 Å². The van der Waals surface area contributed by atoms with Crippen molar-refractivity contribution in [3.63, 3.8) is 0 Å². The Hall–Kier alpha value is -7.20. The number of nitrogens with zero attached hydrogens (tertiary/aromatic N) is 1. The number of allylic oxidation sites excluding steroid dienone is 4. The first kappa shape index (κ1) is 35.5. The van der Waals surface area contributed by atoms with Crippen molar-refractivity contribution in [2.45, 2.75) is 0 Å². The summed E-state index contributed by atoms with van der Waals surface area (Å²) in [5, 5.41) is 7.51. The molecule has 8 aromatic carbocycles. The number of benzene rings is 8. The molecule has 57 heavy (non-hydrogen) atoms. The van der Waals surface area contributed by atoms with Gasteiger partial charge in [0, 0.05) is 33.9 Å². The van der Waals surface area contributed by atoms with Gasteiger partial charge < -0.3 is 9.32 Å². The third-order valence-electron chi connectivity index (χ3n) is 10.8. The van der Waals surface area contributed by atoms with Crippen LogP contribution in [0.15, 0.2) is 242 Å². The molecule has 0 fully saturated rings. The van der Waals surface area contributed by atoms with Gasteiger partial charge in [0.05, 0.1) is 0 Å². The van der Waals surface area contributed by atoms with Gasteiger partial charge in [-0.2, -0.15) is 0 Å². The van der Waals surface area contributed by atoms with Gasteiger partial charge in [0.2, 0.25) is 0 Å². The molecule has 0 amide bonds. The van der Waals surface area contributed by atoms with Crippen molar-refractivity contribution < 1.29 is 4.42 Å². The Labute approximate surface area is 335 Å². The van der Waals surface area contributed by atoms with Crippen molar-refractivity contribution in [2.24, 2.45) is 0 Å². The third kappa shape index (κ3) is 6.86. The minimum atomic E-state index is -2.79. The van der Waals surface area contributed by atoms with Crippen LogP contribution in [0.5, 0.6) is 0 Å². The van der Waals surface area contributed by atoms with Crippen molar-refractivity contribution in [2.75, 3.05) is 4.90 Å². The van der Waals surface area contributed by atoms with E-state index in [9.17, 15) is 0 Å². The van der Waals surface area contributed by atoms with E-state index in [4.69, 9.17) is 4.42 Å². The van der Waals surface area contributed by atoms with Crippen molar-refractivity contribution in [3.05, 3.63) is 243 Å². The quantitative estimate of drug-likeness (QED) is 0.0744. The summed E-state index contributed by atoms with van der Waals surface area (Å²) < 4.78 is 6.68. The van der Waals surface area contributed by atoms with Crippen LogP contribution < -0.4 is 25.6 Å². The molecular formula is C54H41NOSi. The summed E-state index contributed by atoms with van der Waals surface area (Å²) in [6, 6.07) is 74.8. The molecule has 0 aliphatic carbocycles. The average molecular weight is 748 g/mol. The van der Waals surface area contributed by atoms with Crippen LogP contribution in [0.3, 0.4) is 0 Å². The normalized spacial score (nSPS) is 11.8. The fraction of sp³-hybridized carbons (Fsp3) is 0. The second-order valence-electron chi connectivity index (χ2n) is 14.2. The van der Waals surface area contributed by atoms with E-state index in [2.05, 4.69) is 224 Å². The zero-order chi connectivity index (χ0) is 38.4. The Morgan fingerprint density at radius 1 is 0.404 bits per heavy atom. The average Bonchev–Trinajstić information content (AvgIpc) is 3.65. The molecule has 272 valence electrons. The topological polar surface area (TPSA) is 16.4 Å². The maximum atomic E-state index is 6.68. The molecule has 0 bridgehead atoms. The lowest BCUT2D eigenvalue weighted by molar-refractivity contribution is 0.669. The first-order valence-electron chi connectivity index (χ1n) is 19.4. The van der Waals surface area contributed by atoms with Crippen LogP contribution in [-0.4, -0.2) is 8.07 Å². The number of anilines is 3. The summed E-state index contributed by atoms with van der Waals surface area (Å²) in [4.78, 5) is 2.36. The Bertz CT molecular complexity index is 2760. The fourth-order valence-electron chi connectivity index (χ4n) is 8.18. The van der Waals surface area contributed by atoms with E-state index in [0.717, 1.165) is 50.1 Å². The molecule has 2 nitrogen and oxygen atoms in total. The SMILES string of the molecule is C=C/C=C\C=C\c1cccc(N(c2cccc([Si](c3ccccc3)(c3ccccc3)c3ccccc3)c2)c2ccc3c(c2)oc2cc(-c4ccccc4)ccc23)c1. The lowest BCUT2D eigenvalue weighted by Crippen LogP contribution is -2.74. The molecule has 0 N–H and O–H groups in total. The summed E-state index contributed by atoms with van der Waals surface area (Å²) in [5.74, 6) is 0. The van der Waals surface area contributed by atoms with Gasteiger partial charge in [-0.25, -0.2) is 0 Å². The molecule has 1 heterocycles. The van der Waals surface area contributed by atoms with Crippen LogP contribution in [0.25, 0.3) is 39.1 Å². The van der Waals surface area contributed by atoms with Gasteiger partial charge in [-0.1, -0.05) is 189 Å². The highest BCUT2D eigenvalue weighted by Crippen LogP contribution is 2.39. The van der Waals surface area contributed by atoms with E-state index < -0.39 is 8.07 Å². The first-order chi connectivity index (χ1) is 28.2. The van der Waals surface area contributed by atoms with Gasteiger partial charge in [-0.15, -0.1) is 0 Å². The molecular weight excluding hydrogens is 707 g/mol. The highest BCUT2D eigenvalue weighted by Gasteiger charge is 2.41. The largest absolute Gasteiger partial charge is 0.456 e. The number of hydrogen-bond acceptors (Lipinski definition) is 2. The molecule has 0 radical (unpaired) electrons. The summed E-state index contributed by atoms with van der Waals surface area (Å²) >= 11 is 0. The summed E-state index contributed by atoms with van der Waals surface area (Å²) in [6.45, 7) is 3.81. The van der Waals surface area contributed by atoms with Gasteiger partial charge >= 0.3 is 0 Å². The number of rotatable bonds is 11. The molecule has 9 aromatic rings. The van der Waals surface area contributed by atoms with E-state index in [-0.39, 0.29) is 0 Å². The molecule has 0 aliphatic rings. The minimum absolute atomic E-state index is 0.848. The maximum absolute atomic E-state index is 6.68. The smallest absolute Gasteiger partial charge is 0.179 e. The monoisotopic (exact) mass is 747 g/mol. The van der Waals surface area contributed by atoms with E-state index in [1.807, 2.05) is 18.2 Å². The Kier molecular flexibility index (Phi) is 9.89. The van der Waals surface area contributed by atoms with E-state index >= 15 is 0 Å². The molecule has 0 aliphatic heterocycles. The number of fused-ring (bicyclic) bond motifs is 3. The van der Waals surface area contributed by atoms with Crippen molar-refractivity contribution in [1.29, 1.82) is 0 Å². The predicted octanol–water partition coefficient (Wildman–Crippen LogP) is 11.9. The molecule has 0 saturated heterocycles. The zero-order valence-corrected chi connectivity index (χ0v) is 32.6. The van der Waals surface area contributed by atoms with E-state index in [1.165, 1.54) is 26.3 Å². The van der Waals surface area contributed by atoms with Crippen molar-refractivity contribution >= 4 is 73.9 Å². The third-order valence-corrected chi connectivity index (χ3v) is 15.5. The van der Waals surface area contributed by atoms with Crippen LogP contribution in [0.2, 0.25) is 0 Å². The Morgan fingerprint density at radius 3 is 1.56 bits per heavy atom. The molecule has 9 rings (SSSR count). The predicted molar refractivity (Wildman–Crippen MR) is 246 cm³/mol. The maximum Gasteiger partial charge on any atom is 0.179 e. The first-order valence-corrected chi connectivity index (χ1v) is 21.4. The second-order valence-corrected chi connectivity index (χ2v) is 18.0. The number of hydrogen-bond donors (Lipinski definition) is 0. The molecule has 1 aromatic heterocycles. The Morgan fingerprint density at radius 2 is 0.930 bits per heavy atom. The van der Waals surface area contributed by atoms with Gasteiger partial charge in [0.25, 0.3) is 0 Å². The summed E-state index contributed by atoms with van der Waals surface area (Å²) in [6.07, 6.45) is 9.90. The standard InChI is InChI=1S/C54H41NOSi/c1-2-3-4-9-20-41-21-18-24-44(37-41)55(46-34-36-52-51-35-33-43(42-22-10-5-11-23-42)38-53(51)56-54(52)40-46)45-25-19-32-50(39-45)57(47-26-12-6-13-27-47,48-28-14-7-15-29-48)49-30-16-8-17-31-49/h2-40H,1H2/b4-3-,20-9+. The lowest BCUT2D eigenvalue weighted by atomic mass is 10.0. The summed E-state index contributed by atoms with van der Waals surface area (Å²) in [7, 11) is -2.79. The van der Waals surface area contributed by atoms with Crippen LogP contribution in [0, 0.1) is 0 Å². The molecule has 0 saturated carbocycles. The van der Waals surface area contributed by atoms with Crippen LogP contribution in [-0.2, 0) is 0 Å². The van der Waals surface area contributed by atoms with Gasteiger partial charge in [0.1, 0.15) is 11.2 Å². The highest BCUT2D eigenvalue weighted by atomic mass is 28.3. The van der Waals surface area contributed by atoms with Crippen LogP contribution in [0.4, 0.5) is 17.1 Å². The van der Waals surface area contributed by atoms with Gasteiger partial charge in [-0.05, 0) is 86.0 Å². The number of furan rings is 1. The minimum Gasteiger partial charge on any atom is -0.456 e. The zero-order valence-electron chi connectivity index (χ0n) is 31.6. The van der Waals surface area contributed by atoms with Gasteiger partial charge in [-0.3, -0.25) is 0 Å². The molecule has 0 spiro atoms. The highest BCUT2D eigenvalue weighted by molar-refractivity contribution is 7.19. The van der Waals surface area contributed by atoms with Gasteiger partial charge in [0.15, 0.2) is 8.07 Å². The Balaban J connectivity index is 1.25. The molecule has 0 unspecified atom stereocenters. The lowest BCUT2D eigenvalue weighted by Gasteiger charge is -2.35. The van der Waals surface area contributed by atoms with E-state index in [0.29, 0.717) is 0 Å². The fourth-order valence-corrected chi connectivity index (χ4v) is 13.0.